The van der Waals surface area contributed by atoms with E-state index >= 15 is 0 Å². The third-order valence-electron chi connectivity index (χ3n) is 3.44. The van der Waals surface area contributed by atoms with Crippen LogP contribution in [0.4, 0.5) is 5.13 Å². The number of hydrogen-bond acceptors (Lipinski definition) is 6. The summed E-state index contributed by atoms with van der Waals surface area (Å²) in [4.78, 5) is 16.8. The standard InChI is InChI=1S/C17H16N2O4S2/c1-23-13-7-4-8-14-15(13)18-17(24-14)19-16(20)12-6-3-5-11(9-12)10-25(2,21)22/h3-9H,10H2,1-2H3,(H,18,19,20). The summed E-state index contributed by atoms with van der Waals surface area (Å²) in [6.07, 6.45) is 1.16. The molecular formula is C17H16N2O4S2. The first-order chi connectivity index (χ1) is 11.9. The average Bonchev–Trinajstić information content (AvgIpc) is 2.95. The number of amides is 1. The van der Waals surface area contributed by atoms with Crippen LogP contribution in [0.2, 0.25) is 0 Å². The van der Waals surface area contributed by atoms with Gasteiger partial charge in [-0.15, -0.1) is 0 Å². The van der Waals surface area contributed by atoms with Crippen molar-refractivity contribution in [3.63, 3.8) is 0 Å². The molecule has 6 nitrogen and oxygen atoms in total. The molecule has 1 aromatic heterocycles. The van der Waals surface area contributed by atoms with Crippen LogP contribution >= 0.6 is 11.3 Å². The van der Waals surface area contributed by atoms with Crippen LogP contribution in [0.1, 0.15) is 15.9 Å². The van der Waals surface area contributed by atoms with E-state index in [1.807, 2.05) is 18.2 Å². The highest BCUT2D eigenvalue weighted by Crippen LogP contribution is 2.32. The lowest BCUT2D eigenvalue weighted by molar-refractivity contribution is 0.102. The van der Waals surface area contributed by atoms with E-state index in [-0.39, 0.29) is 11.7 Å². The fourth-order valence-corrected chi connectivity index (χ4v) is 4.08. The lowest BCUT2D eigenvalue weighted by atomic mass is 10.1. The van der Waals surface area contributed by atoms with Crippen molar-refractivity contribution in [1.82, 2.24) is 4.98 Å². The molecule has 0 bridgehead atoms. The molecule has 0 saturated heterocycles. The maximum atomic E-state index is 12.4. The van der Waals surface area contributed by atoms with Crippen LogP contribution < -0.4 is 10.1 Å². The Balaban J connectivity index is 1.84. The van der Waals surface area contributed by atoms with Crippen LogP contribution in [0, 0.1) is 0 Å². The summed E-state index contributed by atoms with van der Waals surface area (Å²) in [7, 11) is -1.59. The Morgan fingerprint density at radius 2 is 2.00 bits per heavy atom. The third-order valence-corrected chi connectivity index (χ3v) is 5.23. The zero-order valence-electron chi connectivity index (χ0n) is 13.6. The minimum Gasteiger partial charge on any atom is -0.494 e. The predicted octanol–water partition coefficient (Wildman–Crippen LogP) is 3.10. The molecule has 0 atom stereocenters. The number of nitrogens with one attached hydrogen (secondary N) is 1. The summed E-state index contributed by atoms with van der Waals surface area (Å²) in [6.45, 7) is 0. The minimum absolute atomic E-state index is 0.105. The first kappa shape index (κ1) is 17.4. The van der Waals surface area contributed by atoms with E-state index in [0.29, 0.717) is 27.5 Å². The molecule has 0 aliphatic carbocycles. The second-order valence-electron chi connectivity index (χ2n) is 5.55. The lowest BCUT2D eigenvalue weighted by Crippen LogP contribution is -2.12. The van der Waals surface area contributed by atoms with Gasteiger partial charge in [0.15, 0.2) is 15.0 Å². The van der Waals surface area contributed by atoms with Crippen molar-refractivity contribution >= 4 is 42.4 Å². The fraction of sp³-hybridized carbons (Fsp3) is 0.176. The maximum absolute atomic E-state index is 12.4. The summed E-state index contributed by atoms with van der Waals surface area (Å²) in [5, 5.41) is 3.21. The van der Waals surface area contributed by atoms with Crippen LogP contribution in [-0.4, -0.2) is 32.7 Å². The number of hydrogen-bond donors (Lipinski definition) is 1. The predicted molar refractivity (Wildman–Crippen MR) is 99.1 cm³/mol. The zero-order valence-corrected chi connectivity index (χ0v) is 15.3. The number of carbonyl (C=O) groups excluding carboxylic acids is 1. The van der Waals surface area contributed by atoms with Crippen molar-refractivity contribution in [2.45, 2.75) is 5.75 Å². The monoisotopic (exact) mass is 376 g/mol. The number of rotatable bonds is 5. The number of ether oxygens (including phenoxy) is 1. The molecule has 0 fully saturated rings. The van der Waals surface area contributed by atoms with Crippen molar-refractivity contribution < 1.29 is 17.9 Å². The quantitative estimate of drug-likeness (QED) is 0.739. The molecule has 0 saturated carbocycles. The number of benzene rings is 2. The molecule has 0 aliphatic rings. The van der Waals surface area contributed by atoms with Crippen LogP contribution in [0.25, 0.3) is 10.2 Å². The van der Waals surface area contributed by atoms with Gasteiger partial charge in [-0.05, 0) is 29.8 Å². The van der Waals surface area contributed by atoms with Gasteiger partial charge in [-0.3, -0.25) is 10.1 Å². The van der Waals surface area contributed by atoms with Gasteiger partial charge >= 0.3 is 0 Å². The molecule has 1 amide bonds. The highest BCUT2D eigenvalue weighted by atomic mass is 32.2. The molecule has 3 aromatic rings. The van der Waals surface area contributed by atoms with Crippen LogP contribution in [0.15, 0.2) is 42.5 Å². The molecule has 130 valence electrons. The van der Waals surface area contributed by atoms with Crippen molar-refractivity contribution in [1.29, 1.82) is 0 Å². The van der Waals surface area contributed by atoms with Gasteiger partial charge in [0.05, 0.1) is 17.6 Å². The van der Waals surface area contributed by atoms with Gasteiger partial charge in [-0.1, -0.05) is 29.5 Å². The first-order valence-corrected chi connectivity index (χ1v) is 10.2. The van der Waals surface area contributed by atoms with Crippen molar-refractivity contribution in [3.05, 3.63) is 53.6 Å². The molecule has 0 spiro atoms. The SMILES string of the molecule is COc1cccc2sc(NC(=O)c3cccc(CS(C)(=O)=O)c3)nc12. The first-order valence-electron chi connectivity index (χ1n) is 7.37. The van der Waals surface area contributed by atoms with Crippen molar-refractivity contribution in [2.75, 3.05) is 18.7 Å². The molecule has 25 heavy (non-hydrogen) atoms. The molecule has 8 heteroatoms. The molecule has 1 heterocycles. The molecule has 0 aliphatic heterocycles. The van der Waals surface area contributed by atoms with Crippen LogP contribution in [-0.2, 0) is 15.6 Å². The Labute approximate surface area is 149 Å². The van der Waals surface area contributed by atoms with E-state index in [9.17, 15) is 13.2 Å². The molecule has 3 rings (SSSR count). The number of para-hydroxylation sites is 1. The summed E-state index contributed by atoms with van der Waals surface area (Å²) in [5.41, 5.74) is 1.64. The molecular weight excluding hydrogens is 360 g/mol. The second kappa shape index (κ2) is 6.81. The van der Waals surface area contributed by atoms with Crippen molar-refractivity contribution in [2.24, 2.45) is 0 Å². The van der Waals surface area contributed by atoms with E-state index in [0.717, 1.165) is 11.0 Å². The number of carbonyl (C=O) groups is 1. The van der Waals surface area contributed by atoms with E-state index in [1.54, 1.807) is 31.4 Å². The highest BCUT2D eigenvalue weighted by Gasteiger charge is 2.13. The number of anilines is 1. The largest absolute Gasteiger partial charge is 0.494 e. The highest BCUT2D eigenvalue weighted by molar-refractivity contribution is 7.89. The Hall–Kier alpha value is -2.45. The third kappa shape index (κ3) is 4.15. The lowest BCUT2D eigenvalue weighted by Gasteiger charge is -2.04. The Morgan fingerprint density at radius 1 is 1.24 bits per heavy atom. The number of thiazole rings is 1. The van der Waals surface area contributed by atoms with Gasteiger partial charge in [0.2, 0.25) is 0 Å². The summed E-state index contributed by atoms with van der Waals surface area (Å²) in [6, 6.07) is 12.1. The molecule has 0 radical (unpaired) electrons. The summed E-state index contributed by atoms with van der Waals surface area (Å²) in [5.74, 6) is 0.199. The molecule has 1 N–H and O–H groups in total. The maximum Gasteiger partial charge on any atom is 0.257 e. The number of nitrogens with zero attached hydrogens (tertiary/aromatic N) is 1. The van der Waals surface area contributed by atoms with E-state index in [1.165, 1.54) is 11.3 Å². The summed E-state index contributed by atoms with van der Waals surface area (Å²) < 4.78 is 29.0. The topological polar surface area (TPSA) is 85.4 Å². The Bertz CT molecular complexity index is 1040. The summed E-state index contributed by atoms with van der Waals surface area (Å²) >= 11 is 1.35. The average molecular weight is 376 g/mol. The smallest absolute Gasteiger partial charge is 0.257 e. The van der Waals surface area contributed by atoms with Gasteiger partial charge in [-0.25, -0.2) is 13.4 Å². The van der Waals surface area contributed by atoms with Crippen molar-refractivity contribution in [3.8, 4) is 5.75 Å². The Kier molecular flexibility index (Phi) is 4.73. The second-order valence-corrected chi connectivity index (χ2v) is 8.72. The van der Waals surface area contributed by atoms with Gasteiger partial charge in [0.25, 0.3) is 5.91 Å². The molecule has 0 unspecified atom stereocenters. The minimum atomic E-state index is -3.16. The van der Waals surface area contributed by atoms with Gasteiger partial charge in [0, 0.05) is 11.8 Å². The van der Waals surface area contributed by atoms with E-state index in [4.69, 9.17) is 4.74 Å². The number of sulfone groups is 1. The van der Waals surface area contributed by atoms with Crippen LogP contribution in [0.3, 0.4) is 0 Å². The normalized spacial score (nSPS) is 11.4. The Morgan fingerprint density at radius 3 is 2.72 bits per heavy atom. The van der Waals surface area contributed by atoms with E-state index in [2.05, 4.69) is 10.3 Å². The van der Waals surface area contributed by atoms with Gasteiger partial charge in [0.1, 0.15) is 11.3 Å². The number of methoxy groups -OCH3 is 1. The molecule has 2 aromatic carbocycles. The van der Waals surface area contributed by atoms with Gasteiger partial charge < -0.3 is 4.74 Å². The van der Waals surface area contributed by atoms with Gasteiger partial charge in [-0.2, -0.15) is 0 Å². The zero-order chi connectivity index (χ0) is 18.0. The number of aromatic nitrogens is 1. The van der Waals surface area contributed by atoms with Crippen LogP contribution in [0.5, 0.6) is 5.75 Å². The number of fused-ring (bicyclic) bond motifs is 1. The fourth-order valence-electron chi connectivity index (χ4n) is 2.42. The van der Waals surface area contributed by atoms with E-state index < -0.39 is 9.84 Å².